The first kappa shape index (κ1) is 19.3. The van der Waals surface area contributed by atoms with Crippen molar-refractivity contribution < 1.29 is 26.9 Å². The normalized spacial score (nSPS) is 15.0. The summed E-state index contributed by atoms with van der Waals surface area (Å²) >= 11 is 0. The lowest BCUT2D eigenvalue weighted by Gasteiger charge is -2.14. The maximum Gasteiger partial charge on any atom is 0.241 e. The molecule has 1 aliphatic rings. The molecular formula is C17H20FN3O5S. The highest BCUT2D eigenvalue weighted by Crippen LogP contribution is 2.27. The van der Waals surface area contributed by atoms with Crippen LogP contribution in [0, 0.1) is 12.7 Å². The van der Waals surface area contributed by atoms with Gasteiger partial charge < -0.3 is 14.6 Å². The molecule has 1 aromatic carbocycles. The quantitative estimate of drug-likeness (QED) is 0.742. The van der Waals surface area contributed by atoms with Crippen molar-refractivity contribution in [3.63, 3.8) is 0 Å². The number of ether oxygens (including phenoxy) is 1. The van der Waals surface area contributed by atoms with E-state index < -0.39 is 28.3 Å². The van der Waals surface area contributed by atoms with E-state index in [4.69, 9.17) is 9.26 Å². The molecule has 0 saturated heterocycles. The Morgan fingerprint density at radius 1 is 1.33 bits per heavy atom. The van der Waals surface area contributed by atoms with E-state index in [0.29, 0.717) is 5.76 Å². The molecule has 146 valence electrons. The maximum atomic E-state index is 14.2. The van der Waals surface area contributed by atoms with E-state index in [2.05, 4.69) is 15.2 Å². The van der Waals surface area contributed by atoms with Crippen molar-refractivity contribution in [1.29, 1.82) is 0 Å². The Morgan fingerprint density at radius 2 is 2.07 bits per heavy atom. The highest BCUT2D eigenvalue weighted by molar-refractivity contribution is 7.89. The Kier molecular flexibility index (Phi) is 5.76. The zero-order valence-electron chi connectivity index (χ0n) is 14.7. The highest BCUT2D eigenvalue weighted by atomic mass is 32.2. The first-order chi connectivity index (χ1) is 12.8. The van der Waals surface area contributed by atoms with Gasteiger partial charge in [0.1, 0.15) is 5.76 Å². The molecule has 2 aromatic rings. The van der Waals surface area contributed by atoms with E-state index in [1.54, 1.807) is 6.92 Å². The largest absolute Gasteiger partial charge is 0.487 e. The topological polar surface area (TPSA) is 111 Å². The minimum absolute atomic E-state index is 0.0278. The fraction of sp³-hybridized carbons (Fsp3) is 0.412. The molecule has 0 spiro atoms. The average molecular weight is 397 g/mol. The van der Waals surface area contributed by atoms with E-state index in [-0.39, 0.29) is 22.6 Å². The molecule has 0 bridgehead atoms. The van der Waals surface area contributed by atoms with Crippen LogP contribution in [0.25, 0.3) is 0 Å². The number of anilines is 1. The maximum absolute atomic E-state index is 14.2. The van der Waals surface area contributed by atoms with Gasteiger partial charge in [0.2, 0.25) is 15.9 Å². The summed E-state index contributed by atoms with van der Waals surface area (Å²) in [5.41, 5.74) is 0. The number of aromatic nitrogens is 1. The summed E-state index contributed by atoms with van der Waals surface area (Å²) in [6.45, 7) is 1.12. The van der Waals surface area contributed by atoms with E-state index in [1.165, 1.54) is 18.2 Å². The van der Waals surface area contributed by atoms with Crippen LogP contribution in [0.1, 0.15) is 31.4 Å². The molecule has 0 unspecified atom stereocenters. The highest BCUT2D eigenvalue weighted by Gasteiger charge is 2.21. The molecule has 0 radical (unpaired) electrons. The van der Waals surface area contributed by atoms with Gasteiger partial charge in [-0.05, 0) is 50.8 Å². The van der Waals surface area contributed by atoms with E-state index >= 15 is 0 Å². The van der Waals surface area contributed by atoms with Gasteiger partial charge in [-0.1, -0.05) is 5.16 Å². The van der Waals surface area contributed by atoms with Crippen LogP contribution < -0.4 is 14.8 Å². The van der Waals surface area contributed by atoms with Crippen LogP contribution in [0.5, 0.6) is 5.75 Å². The van der Waals surface area contributed by atoms with Crippen molar-refractivity contribution >= 4 is 21.7 Å². The number of rotatable bonds is 7. The first-order valence-electron chi connectivity index (χ1n) is 8.52. The second kappa shape index (κ2) is 8.05. The second-order valence-electron chi connectivity index (χ2n) is 6.31. The molecule has 1 saturated carbocycles. The van der Waals surface area contributed by atoms with Gasteiger partial charge >= 0.3 is 0 Å². The summed E-state index contributed by atoms with van der Waals surface area (Å²) in [6.07, 6.45) is 3.77. The second-order valence-corrected chi connectivity index (χ2v) is 8.08. The van der Waals surface area contributed by atoms with Gasteiger partial charge in [-0.25, -0.2) is 17.5 Å². The van der Waals surface area contributed by atoms with Gasteiger partial charge in [0.25, 0.3) is 0 Å². The third-order valence-electron chi connectivity index (χ3n) is 4.13. The minimum atomic E-state index is -4.06. The van der Waals surface area contributed by atoms with Crippen LogP contribution in [0.4, 0.5) is 10.2 Å². The molecule has 0 aliphatic heterocycles. The van der Waals surface area contributed by atoms with Crippen molar-refractivity contribution in [3.8, 4) is 5.75 Å². The summed E-state index contributed by atoms with van der Waals surface area (Å²) in [5, 5.41) is 5.96. The van der Waals surface area contributed by atoms with Crippen LogP contribution in [-0.2, 0) is 14.8 Å². The number of nitrogens with one attached hydrogen (secondary N) is 2. The Bertz CT molecular complexity index is 922. The zero-order chi connectivity index (χ0) is 19.4. The SMILES string of the molecule is Cc1cc(NC(=O)CNS(=O)(=O)c2ccc(OC3CCCC3)c(F)c2)no1. The molecule has 2 N–H and O–H groups in total. The van der Waals surface area contributed by atoms with Crippen LogP contribution in [0.2, 0.25) is 0 Å². The standard InChI is InChI=1S/C17H20FN3O5S/c1-11-8-16(21-26-11)20-17(22)10-19-27(23,24)13-6-7-15(14(18)9-13)25-12-4-2-3-5-12/h6-9,12,19H,2-5,10H2,1H3,(H,20,21,22). The summed E-state index contributed by atoms with van der Waals surface area (Å²) < 4.78 is 51.2. The molecule has 1 amide bonds. The number of sulfonamides is 1. The van der Waals surface area contributed by atoms with Crippen LogP contribution in [0.3, 0.4) is 0 Å². The third kappa shape index (κ3) is 5.04. The summed E-state index contributed by atoms with van der Waals surface area (Å²) in [5.74, 6) is -0.682. The van der Waals surface area contributed by atoms with Crippen molar-refractivity contribution in [3.05, 3.63) is 35.8 Å². The molecule has 1 fully saturated rings. The predicted molar refractivity (Wildman–Crippen MR) is 94.3 cm³/mol. The van der Waals surface area contributed by atoms with Gasteiger partial charge in [-0.3, -0.25) is 4.79 Å². The van der Waals surface area contributed by atoms with Gasteiger partial charge in [0.05, 0.1) is 17.5 Å². The molecule has 0 atom stereocenters. The molecule has 1 aromatic heterocycles. The summed E-state index contributed by atoms with van der Waals surface area (Å²) in [6, 6.07) is 4.91. The lowest BCUT2D eigenvalue weighted by molar-refractivity contribution is -0.115. The Morgan fingerprint density at radius 3 is 2.70 bits per heavy atom. The lowest BCUT2D eigenvalue weighted by atomic mass is 10.3. The molecule has 8 nitrogen and oxygen atoms in total. The van der Waals surface area contributed by atoms with Crippen molar-refractivity contribution in [1.82, 2.24) is 9.88 Å². The van der Waals surface area contributed by atoms with E-state index in [1.807, 2.05) is 0 Å². The van der Waals surface area contributed by atoms with E-state index in [9.17, 15) is 17.6 Å². The number of carbonyl (C=O) groups is 1. The molecule has 1 heterocycles. The first-order valence-corrected chi connectivity index (χ1v) is 10.0. The third-order valence-corrected chi connectivity index (χ3v) is 5.53. The minimum Gasteiger partial charge on any atom is -0.487 e. The average Bonchev–Trinajstić information content (AvgIpc) is 3.27. The fourth-order valence-electron chi connectivity index (χ4n) is 2.79. The van der Waals surface area contributed by atoms with Gasteiger partial charge in [-0.2, -0.15) is 0 Å². The van der Waals surface area contributed by atoms with Crippen LogP contribution >= 0.6 is 0 Å². The molecule has 1 aliphatic carbocycles. The summed E-state index contributed by atoms with van der Waals surface area (Å²) in [4.78, 5) is 11.5. The number of hydrogen-bond donors (Lipinski definition) is 2. The number of amides is 1. The number of aryl methyl sites for hydroxylation is 1. The van der Waals surface area contributed by atoms with Gasteiger partial charge in [-0.15, -0.1) is 0 Å². The number of benzene rings is 1. The Labute approximate surface area is 156 Å². The van der Waals surface area contributed by atoms with Gasteiger partial charge in [0.15, 0.2) is 17.4 Å². The molecule has 27 heavy (non-hydrogen) atoms. The van der Waals surface area contributed by atoms with E-state index in [0.717, 1.165) is 31.7 Å². The smallest absolute Gasteiger partial charge is 0.241 e. The fourth-order valence-corrected chi connectivity index (χ4v) is 3.78. The number of hydrogen-bond acceptors (Lipinski definition) is 6. The number of halogens is 1. The van der Waals surface area contributed by atoms with Crippen molar-refractivity contribution in [2.24, 2.45) is 0 Å². The Balaban J connectivity index is 1.60. The molecular weight excluding hydrogens is 377 g/mol. The van der Waals surface area contributed by atoms with Crippen molar-refractivity contribution in [2.45, 2.75) is 43.6 Å². The Hall–Kier alpha value is -2.46. The summed E-state index contributed by atoms with van der Waals surface area (Å²) in [7, 11) is -4.06. The monoisotopic (exact) mass is 397 g/mol. The number of carbonyl (C=O) groups excluding carboxylic acids is 1. The predicted octanol–water partition coefficient (Wildman–Crippen LogP) is 2.36. The number of nitrogens with zero attached hydrogens (tertiary/aromatic N) is 1. The molecule has 10 heteroatoms. The van der Waals surface area contributed by atoms with Crippen molar-refractivity contribution in [2.75, 3.05) is 11.9 Å². The zero-order valence-corrected chi connectivity index (χ0v) is 15.5. The van der Waals surface area contributed by atoms with Crippen LogP contribution in [-0.4, -0.2) is 32.1 Å². The lowest BCUT2D eigenvalue weighted by Crippen LogP contribution is -2.33. The molecule has 3 rings (SSSR count). The van der Waals surface area contributed by atoms with Crippen LogP contribution in [0.15, 0.2) is 33.7 Å². The van der Waals surface area contributed by atoms with Gasteiger partial charge in [0, 0.05) is 6.07 Å².